The Bertz CT molecular complexity index is 1650. The predicted octanol–water partition coefficient (Wildman–Crippen LogP) is 7.75. The van der Waals surface area contributed by atoms with Gasteiger partial charge in [0, 0.05) is 62.1 Å². The highest BCUT2D eigenvalue weighted by Crippen LogP contribution is 2.37. The predicted molar refractivity (Wildman–Crippen MR) is 188 cm³/mol. The molecule has 0 fully saturated rings. The second-order valence-corrected chi connectivity index (χ2v) is 12.0. The Kier molecular flexibility index (Phi) is 10.7. The average molecular weight is 596 g/mol. The van der Waals surface area contributed by atoms with Crippen LogP contribution in [0, 0.1) is 5.92 Å². The van der Waals surface area contributed by atoms with Crippen molar-refractivity contribution >= 4 is 39.5 Å². The van der Waals surface area contributed by atoms with Crippen LogP contribution in [0.1, 0.15) is 46.1 Å². The summed E-state index contributed by atoms with van der Waals surface area (Å²) in [6, 6.07) is 12.5. The molecule has 0 saturated heterocycles. The van der Waals surface area contributed by atoms with Crippen LogP contribution in [0.15, 0.2) is 66.5 Å². The SMILES string of the molecule is CC/C(C)=C/C(=C\C(C)CC)c1ccc2c(-c3ccnc(Nc4cc(N)c(N(C)CCN(C)C)cc4OC)n3)cn(C)c2c1. The molecular weight excluding hydrogens is 546 g/mol. The van der Waals surface area contributed by atoms with E-state index in [2.05, 4.69) is 110 Å². The molecule has 8 nitrogen and oxygen atoms in total. The van der Waals surface area contributed by atoms with Gasteiger partial charge >= 0.3 is 0 Å². The zero-order valence-electron chi connectivity index (χ0n) is 27.9. The van der Waals surface area contributed by atoms with Crippen molar-refractivity contribution in [3.63, 3.8) is 0 Å². The number of aromatic nitrogens is 3. The van der Waals surface area contributed by atoms with Gasteiger partial charge in [-0.1, -0.05) is 57.0 Å². The number of nitrogens with zero attached hydrogens (tertiary/aromatic N) is 5. The molecule has 8 heteroatoms. The van der Waals surface area contributed by atoms with Gasteiger partial charge in [0.05, 0.1) is 29.9 Å². The van der Waals surface area contributed by atoms with Gasteiger partial charge in [-0.2, -0.15) is 0 Å². The molecule has 0 bridgehead atoms. The van der Waals surface area contributed by atoms with Crippen LogP contribution in [-0.4, -0.2) is 60.8 Å². The fraction of sp³-hybridized carbons (Fsp3) is 0.389. The molecule has 2 aromatic carbocycles. The summed E-state index contributed by atoms with van der Waals surface area (Å²) >= 11 is 0. The lowest BCUT2D eigenvalue weighted by molar-refractivity contribution is 0.413. The van der Waals surface area contributed by atoms with E-state index in [0.717, 1.165) is 53.8 Å². The Morgan fingerprint density at radius 1 is 1.11 bits per heavy atom. The second-order valence-electron chi connectivity index (χ2n) is 12.0. The molecule has 0 aliphatic carbocycles. The molecule has 0 saturated carbocycles. The summed E-state index contributed by atoms with van der Waals surface area (Å²) in [7, 11) is 9.90. The van der Waals surface area contributed by atoms with Crippen LogP contribution >= 0.6 is 0 Å². The first-order chi connectivity index (χ1) is 21.0. The number of fused-ring (bicyclic) bond motifs is 1. The van der Waals surface area contributed by atoms with Crippen LogP contribution in [0.3, 0.4) is 0 Å². The summed E-state index contributed by atoms with van der Waals surface area (Å²) in [6.45, 7) is 10.7. The Labute approximate surface area is 263 Å². The second kappa shape index (κ2) is 14.4. The highest BCUT2D eigenvalue weighted by Gasteiger charge is 2.16. The summed E-state index contributed by atoms with van der Waals surface area (Å²) in [5.74, 6) is 1.65. The Morgan fingerprint density at radius 2 is 1.89 bits per heavy atom. The van der Waals surface area contributed by atoms with Gasteiger partial charge in [-0.05, 0) is 62.7 Å². The fourth-order valence-electron chi connectivity index (χ4n) is 5.13. The van der Waals surface area contributed by atoms with Gasteiger partial charge in [0.2, 0.25) is 5.95 Å². The van der Waals surface area contributed by atoms with E-state index in [9.17, 15) is 0 Å². The maximum atomic E-state index is 6.49. The van der Waals surface area contributed by atoms with E-state index in [1.54, 1.807) is 13.3 Å². The molecule has 44 heavy (non-hydrogen) atoms. The van der Waals surface area contributed by atoms with Crippen molar-refractivity contribution in [2.75, 3.05) is 57.3 Å². The first kappa shape index (κ1) is 32.6. The standard InChI is InChI=1S/C36H49N7O/c1-10-24(3)18-27(19-25(4)11-2)26-12-13-28-29(23-43(8)33(28)20-26)31-14-15-38-36(39-31)40-32-21-30(37)34(22-35(32)44-9)42(7)17-16-41(5)6/h12-15,18-24H,10-11,16-17,37H2,1-9H3,(H,38,39,40)/b25-19+,27-18+. The first-order valence-corrected chi connectivity index (χ1v) is 15.5. The van der Waals surface area contributed by atoms with Crippen LogP contribution in [0.25, 0.3) is 27.7 Å². The zero-order valence-corrected chi connectivity index (χ0v) is 27.9. The molecular formula is C36H49N7O. The van der Waals surface area contributed by atoms with Gasteiger partial charge in [-0.25, -0.2) is 9.97 Å². The molecule has 0 aliphatic heterocycles. The molecule has 0 amide bonds. The van der Waals surface area contributed by atoms with Gasteiger partial charge in [-0.15, -0.1) is 0 Å². The number of nitrogens with one attached hydrogen (secondary N) is 1. The minimum Gasteiger partial charge on any atom is -0.494 e. The summed E-state index contributed by atoms with van der Waals surface area (Å²) < 4.78 is 7.91. The number of ether oxygens (including phenoxy) is 1. The van der Waals surface area contributed by atoms with Gasteiger partial charge in [0.1, 0.15) is 5.75 Å². The molecule has 234 valence electrons. The number of hydrogen-bond donors (Lipinski definition) is 2. The average Bonchev–Trinajstić information content (AvgIpc) is 3.35. The maximum Gasteiger partial charge on any atom is 0.227 e. The number of benzene rings is 2. The number of anilines is 4. The maximum absolute atomic E-state index is 6.49. The van der Waals surface area contributed by atoms with E-state index in [4.69, 9.17) is 15.5 Å². The highest BCUT2D eigenvalue weighted by molar-refractivity contribution is 5.97. The monoisotopic (exact) mass is 595 g/mol. The molecule has 0 aliphatic rings. The van der Waals surface area contributed by atoms with Crippen LogP contribution < -0.4 is 20.7 Å². The lowest BCUT2D eigenvalue weighted by atomic mass is 9.96. The van der Waals surface area contributed by atoms with Crippen molar-refractivity contribution in [3.8, 4) is 17.0 Å². The molecule has 0 spiro atoms. The summed E-state index contributed by atoms with van der Waals surface area (Å²) in [4.78, 5) is 13.7. The Balaban J connectivity index is 1.67. The van der Waals surface area contributed by atoms with Crippen molar-refractivity contribution in [2.45, 2.75) is 40.5 Å². The zero-order chi connectivity index (χ0) is 32.0. The van der Waals surface area contributed by atoms with Crippen molar-refractivity contribution < 1.29 is 4.74 Å². The molecule has 0 radical (unpaired) electrons. The Morgan fingerprint density at radius 3 is 2.57 bits per heavy atom. The van der Waals surface area contributed by atoms with Crippen LogP contribution in [0.2, 0.25) is 0 Å². The smallest absolute Gasteiger partial charge is 0.227 e. The van der Waals surface area contributed by atoms with Crippen molar-refractivity contribution in [2.24, 2.45) is 13.0 Å². The molecule has 3 N–H and O–H groups in total. The third kappa shape index (κ3) is 7.61. The number of aryl methyl sites for hydroxylation is 1. The van der Waals surface area contributed by atoms with Crippen molar-refractivity contribution in [3.05, 3.63) is 72.1 Å². The molecule has 1 unspecified atom stereocenters. The topological polar surface area (TPSA) is 84.5 Å². The molecule has 1 atom stereocenters. The number of methoxy groups -OCH3 is 1. The van der Waals surface area contributed by atoms with Crippen LogP contribution in [-0.2, 0) is 7.05 Å². The number of nitrogen functional groups attached to an aromatic ring is 1. The third-order valence-electron chi connectivity index (χ3n) is 8.21. The summed E-state index contributed by atoms with van der Waals surface area (Å²) in [5.41, 5.74) is 15.7. The Hall–Kier alpha value is -4.30. The van der Waals surface area contributed by atoms with Gasteiger partial charge < -0.3 is 30.2 Å². The van der Waals surface area contributed by atoms with E-state index in [-0.39, 0.29) is 0 Å². The lowest BCUT2D eigenvalue weighted by Gasteiger charge is -2.24. The minimum absolute atomic E-state index is 0.474. The van der Waals surface area contributed by atoms with E-state index >= 15 is 0 Å². The highest BCUT2D eigenvalue weighted by atomic mass is 16.5. The van der Waals surface area contributed by atoms with Gasteiger partial charge in [0.15, 0.2) is 0 Å². The number of hydrogen-bond acceptors (Lipinski definition) is 7. The summed E-state index contributed by atoms with van der Waals surface area (Å²) in [6.07, 6.45) is 10.8. The normalized spacial score (nSPS) is 13.0. The molecule has 4 aromatic rings. The number of rotatable bonds is 13. The number of allylic oxidation sites excluding steroid dienone is 4. The van der Waals surface area contributed by atoms with E-state index in [1.165, 1.54) is 16.7 Å². The van der Waals surface area contributed by atoms with Crippen molar-refractivity contribution in [1.82, 2.24) is 19.4 Å². The third-order valence-corrected chi connectivity index (χ3v) is 8.21. The molecule has 4 rings (SSSR count). The van der Waals surface area contributed by atoms with Gasteiger partial charge in [0.25, 0.3) is 0 Å². The van der Waals surface area contributed by atoms with E-state index in [1.807, 2.05) is 25.2 Å². The molecule has 2 heterocycles. The number of nitrogens with two attached hydrogens (primary N) is 1. The van der Waals surface area contributed by atoms with Gasteiger partial charge in [-0.3, -0.25) is 0 Å². The summed E-state index contributed by atoms with van der Waals surface area (Å²) in [5, 5.41) is 4.49. The lowest BCUT2D eigenvalue weighted by Crippen LogP contribution is -2.29. The fourth-order valence-corrected chi connectivity index (χ4v) is 5.13. The van der Waals surface area contributed by atoms with Crippen LogP contribution in [0.4, 0.5) is 23.0 Å². The van der Waals surface area contributed by atoms with E-state index < -0.39 is 0 Å². The van der Waals surface area contributed by atoms with Crippen molar-refractivity contribution in [1.29, 1.82) is 0 Å². The molecule has 2 aromatic heterocycles. The minimum atomic E-state index is 0.474. The first-order valence-electron chi connectivity index (χ1n) is 15.5. The largest absolute Gasteiger partial charge is 0.494 e. The van der Waals surface area contributed by atoms with E-state index in [0.29, 0.717) is 29.0 Å². The van der Waals surface area contributed by atoms with Crippen LogP contribution in [0.5, 0.6) is 5.75 Å². The number of likely N-dealkylation sites (N-methyl/N-ethyl adjacent to an activating group) is 2. The quantitative estimate of drug-likeness (QED) is 0.121.